The number of amides is 1. The van der Waals surface area contributed by atoms with Crippen LogP contribution < -0.4 is 5.32 Å². The molecule has 136 valence electrons. The molecule has 0 fully saturated rings. The van der Waals surface area contributed by atoms with Crippen LogP contribution in [-0.4, -0.2) is 32.8 Å². The number of halogens is 1. The van der Waals surface area contributed by atoms with Crippen molar-refractivity contribution in [2.24, 2.45) is 0 Å². The van der Waals surface area contributed by atoms with Crippen LogP contribution in [0.4, 0.5) is 4.79 Å². The number of aromatic nitrogens is 3. The molecular formula is C19H21ClN4O2. The number of nitrogens with one attached hydrogen (secondary N) is 1. The standard InChI is InChI=1S/C19H21ClN4O2/c1-19(2,3)26-18(25)22-11-9-16-23-15-8-5-10-21-17(15)24(16)14-7-4-6-13(20)12-14/h4-8,10,12H,9,11H2,1-3H3,(H,22,25). The highest BCUT2D eigenvalue weighted by Gasteiger charge is 2.17. The number of carbonyl (C=O) groups excluding carboxylic acids is 1. The number of hydrogen-bond acceptors (Lipinski definition) is 4. The Bertz CT molecular complexity index is 931. The molecule has 0 aliphatic carbocycles. The van der Waals surface area contributed by atoms with Gasteiger partial charge < -0.3 is 10.1 Å². The van der Waals surface area contributed by atoms with E-state index in [4.69, 9.17) is 16.3 Å². The van der Waals surface area contributed by atoms with Crippen molar-refractivity contribution in [2.75, 3.05) is 6.54 Å². The summed E-state index contributed by atoms with van der Waals surface area (Å²) in [5.74, 6) is 0.789. The highest BCUT2D eigenvalue weighted by molar-refractivity contribution is 6.30. The first-order chi connectivity index (χ1) is 12.3. The summed E-state index contributed by atoms with van der Waals surface area (Å²) < 4.78 is 7.21. The van der Waals surface area contributed by atoms with Gasteiger partial charge in [-0.05, 0) is 51.1 Å². The molecule has 2 heterocycles. The maximum absolute atomic E-state index is 11.8. The van der Waals surface area contributed by atoms with Gasteiger partial charge in [0, 0.05) is 24.2 Å². The summed E-state index contributed by atoms with van der Waals surface area (Å²) in [6, 6.07) is 11.3. The molecule has 26 heavy (non-hydrogen) atoms. The minimum absolute atomic E-state index is 0.402. The monoisotopic (exact) mass is 372 g/mol. The van der Waals surface area contributed by atoms with Crippen LogP contribution >= 0.6 is 11.6 Å². The number of ether oxygens (including phenoxy) is 1. The molecule has 3 aromatic rings. The van der Waals surface area contributed by atoms with Crippen LogP contribution in [0.3, 0.4) is 0 Å². The van der Waals surface area contributed by atoms with E-state index < -0.39 is 11.7 Å². The molecule has 2 aromatic heterocycles. The van der Waals surface area contributed by atoms with Crippen molar-refractivity contribution in [1.29, 1.82) is 0 Å². The second-order valence-corrected chi connectivity index (χ2v) is 7.30. The van der Waals surface area contributed by atoms with Crippen molar-refractivity contribution >= 4 is 28.9 Å². The Morgan fingerprint density at radius 3 is 2.81 bits per heavy atom. The van der Waals surface area contributed by atoms with Gasteiger partial charge in [-0.2, -0.15) is 0 Å². The Hall–Kier alpha value is -2.60. The lowest BCUT2D eigenvalue weighted by atomic mass is 10.2. The Labute approximate surface area is 157 Å². The van der Waals surface area contributed by atoms with E-state index in [1.807, 2.05) is 61.7 Å². The van der Waals surface area contributed by atoms with Gasteiger partial charge in [-0.3, -0.25) is 4.57 Å². The first kappa shape index (κ1) is 18.2. The molecule has 3 rings (SSSR count). The zero-order valence-electron chi connectivity index (χ0n) is 15.0. The molecule has 0 radical (unpaired) electrons. The largest absolute Gasteiger partial charge is 0.444 e. The summed E-state index contributed by atoms with van der Waals surface area (Å²) in [7, 11) is 0. The molecule has 6 nitrogen and oxygen atoms in total. The predicted molar refractivity (Wildman–Crippen MR) is 102 cm³/mol. The Balaban J connectivity index is 1.84. The molecule has 0 saturated carbocycles. The molecule has 0 spiro atoms. The lowest BCUT2D eigenvalue weighted by molar-refractivity contribution is 0.0528. The quantitative estimate of drug-likeness (QED) is 0.747. The summed E-state index contributed by atoms with van der Waals surface area (Å²) >= 11 is 6.14. The van der Waals surface area contributed by atoms with Gasteiger partial charge in [-0.1, -0.05) is 17.7 Å². The number of imidazole rings is 1. The van der Waals surface area contributed by atoms with Gasteiger partial charge in [-0.15, -0.1) is 0 Å². The number of carbonyl (C=O) groups is 1. The predicted octanol–water partition coefficient (Wildman–Crippen LogP) is 4.14. The summed E-state index contributed by atoms with van der Waals surface area (Å²) in [5.41, 5.74) is 1.90. The number of pyridine rings is 1. The van der Waals surface area contributed by atoms with Crippen molar-refractivity contribution in [2.45, 2.75) is 32.8 Å². The van der Waals surface area contributed by atoms with Crippen molar-refractivity contribution in [1.82, 2.24) is 19.9 Å². The van der Waals surface area contributed by atoms with E-state index in [0.29, 0.717) is 18.0 Å². The Kier molecular flexibility index (Phi) is 5.13. The number of benzene rings is 1. The smallest absolute Gasteiger partial charge is 0.407 e. The number of fused-ring (bicyclic) bond motifs is 1. The van der Waals surface area contributed by atoms with Crippen molar-refractivity contribution in [3.63, 3.8) is 0 Å². The minimum atomic E-state index is -0.526. The number of hydrogen-bond donors (Lipinski definition) is 1. The fourth-order valence-electron chi connectivity index (χ4n) is 2.60. The van der Waals surface area contributed by atoms with Gasteiger partial charge in [0.1, 0.15) is 16.9 Å². The molecule has 0 atom stereocenters. The fourth-order valence-corrected chi connectivity index (χ4v) is 2.79. The van der Waals surface area contributed by atoms with Crippen LogP contribution in [0.25, 0.3) is 16.9 Å². The van der Waals surface area contributed by atoms with Crippen LogP contribution in [0.5, 0.6) is 0 Å². The summed E-state index contributed by atoms with van der Waals surface area (Å²) in [4.78, 5) is 20.9. The third-order valence-electron chi connectivity index (χ3n) is 3.57. The molecule has 0 aliphatic rings. The summed E-state index contributed by atoms with van der Waals surface area (Å²) in [5, 5.41) is 3.40. The van der Waals surface area contributed by atoms with Gasteiger partial charge in [0.25, 0.3) is 0 Å². The van der Waals surface area contributed by atoms with Gasteiger partial charge in [0.05, 0.1) is 5.69 Å². The van der Waals surface area contributed by atoms with Gasteiger partial charge >= 0.3 is 6.09 Å². The van der Waals surface area contributed by atoms with E-state index in [9.17, 15) is 4.79 Å². The topological polar surface area (TPSA) is 69.0 Å². The molecule has 0 saturated heterocycles. The van der Waals surface area contributed by atoms with Crippen molar-refractivity contribution < 1.29 is 9.53 Å². The molecule has 1 aromatic carbocycles. The van der Waals surface area contributed by atoms with Gasteiger partial charge in [-0.25, -0.2) is 14.8 Å². The normalized spacial score (nSPS) is 11.5. The zero-order chi connectivity index (χ0) is 18.7. The average Bonchev–Trinajstić information content (AvgIpc) is 2.91. The summed E-state index contributed by atoms with van der Waals surface area (Å²) in [6.45, 7) is 5.89. The fraction of sp³-hybridized carbons (Fsp3) is 0.316. The molecule has 1 amide bonds. The maximum Gasteiger partial charge on any atom is 0.407 e. The van der Waals surface area contributed by atoms with Crippen LogP contribution in [0.15, 0.2) is 42.6 Å². The van der Waals surface area contributed by atoms with Gasteiger partial charge in [0.15, 0.2) is 5.65 Å². The molecule has 0 bridgehead atoms. The van der Waals surface area contributed by atoms with Crippen molar-refractivity contribution in [3.05, 3.63) is 53.4 Å². The molecule has 0 unspecified atom stereocenters. The van der Waals surface area contributed by atoms with E-state index >= 15 is 0 Å². The van der Waals surface area contributed by atoms with Gasteiger partial charge in [0.2, 0.25) is 0 Å². The second-order valence-electron chi connectivity index (χ2n) is 6.87. The molecular weight excluding hydrogens is 352 g/mol. The van der Waals surface area contributed by atoms with Crippen LogP contribution in [0.2, 0.25) is 5.02 Å². The maximum atomic E-state index is 11.8. The zero-order valence-corrected chi connectivity index (χ0v) is 15.7. The number of nitrogens with zero attached hydrogens (tertiary/aromatic N) is 3. The lowest BCUT2D eigenvalue weighted by Gasteiger charge is -2.19. The van der Waals surface area contributed by atoms with Crippen molar-refractivity contribution in [3.8, 4) is 5.69 Å². The third-order valence-corrected chi connectivity index (χ3v) is 3.80. The first-order valence-electron chi connectivity index (χ1n) is 8.39. The van der Waals surface area contributed by atoms with E-state index in [2.05, 4.69) is 15.3 Å². The average molecular weight is 373 g/mol. The number of alkyl carbamates (subject to hydrolysis) is 1. The Morgan fingerprint density at radius 2 is 2.08 bits per heavy atom. The Morgan fingerprint density at radius 1 is 1.27 bits per heavy atom. The first-order valence-corrected chi connectivity index (χ1v) is 8.76. The highest BCUT2D eigenvalue weighted by Crippen LogP contribution is 2.22. The minimum Gasteiger partial charge on any atom is -0.444 e. The SMILES string of the molecule is CC(C)(C)OC(=O)NCCc1nc2cccnc2n1-c1cccc(Cl)c1. The summed E-state index contributed by atoms with van der Waals surface area (Å²) in [6.07, 6.45) is 1.82. The molecule has 7 heteroatoms. The van der Waals surface area contributed by atoms with Crippen LogP contribution in [0, 0.1) is 0 Å². The van der Waals surface area contributed by atoms with E-state index in [-0.39, 0.29) is 0 Å². The van der Waals surface area contributed by atoms with Crippen LogP contribution in [-0.2, 0) is 11.2 Å². The van der Waals surface area contributed by atoms with E-state index in [1.54, 1.807) is 6.20 Å². The lowest BCUT2D eigenvalue weighted by Crippen LogP contribution is -2.33. The number of rotatable bonds is 4. The second kappa shape index (κ2) is 7.33. The molecule has 0 aliphatic heterocycles. The van der Waals surface area contributed by atoms with E-state index in [0.717, 1.165) is 22.7 Å². The van der Waals surface area contributed by atoms with E-state index in [1.165, 1.54) is 0 Å². The molecule has 1 N–H and O–H groups in total. The highest BCUT2D eigenvalue weighted by atomic mass is 35.5. The van der Waals surface area contributed by atoms with Crippen LogP contribution in [0.1, 0.15) is 26.6 Å². The third kappa shape index (κ3) is 4.32.